The number of carbonyl (C=O) groups excluding carboxylic acids is 2. The van der Waals surface area contributed by atoms with Crippen LogP contribution < -0.4 is 10.2 Å². The zero-order chi connectivity index (χ0) is 23.0. The lowest BCUT2D eigenvalue weighted by atomic mass is 9.84. The van der Waals surface area contributed by atoms with Gasteiger partial charge in [0.15, 0.2) is 0 Å². The van der Waals surface area contributed by atoms with Gasteiger partial charge in [-0.15, -0.1) is 0 Å². The number of benzene rings is 1. The van der Waals surface area contributed by atoms with Crippen LogP contribution >= 0.6 is 0 Å². The molecule has 0 saturated heterocycles. The molecule has 2 amide bonds. The zero-order valence-electron chi connectivity index (χ0n) is 19.3. The fourth-order valence-corrected chi connectivity index (χ4v) is 6.28. The summed E-state index contributed by atoms with van der Waals surface area (Å²) in [7, 11) is -2.36. The van der Waals surface area contributed by atoms with Crippen LogP contribution in [0.4, 0.5) is 5.69 Å². The summed E-state index contributed by atoms with van der Waals surface area (Å²) < 4.78 is 27.4. The van der Waals surface area contributed by atoms with Crippen molar-refractivity contribution in [2.24, 2.45) is 11.8 Å². The Hall–Kier alpha value is -1.93. The lowest BCUT2D eigenvalue weighted by molar-refractivity contribution is -0.125. The molecule has 1 aliphatic heterocycles. The minimum Gasteiger partial charge on any atom is -0.352 e. The van der Waals surface area contributed by atoms with Gasteiger partial charge in [0.05, 0.1) is 11.4 Å². The predicted octanol–water partition coefficient (Wildman–Crippen LogP) is 3.08. The fourth-order valence-electron chi connectivity index (χ4n) is 5.10. The summed E-state index contributed by atoms with van der Waals surface area (Å²) in [6.45, 7) is 4.03. The molecule has 0 bridgehead atoms. The van der Waals surface area contributed by atoms with Gasteiger partial charge < -0.3 is 10.2 Å². The molecular weight excluding hydrogens is 426 g/mol. The minimum atomic E-state index is -3.80. The summed E-state index contributed by atoms with van der Waals surface area (Å²) in [5, 5.41) is 2.99. The second kappa shape index (κ2) is 9.14. The molecular formula is C24H35N3O4S. The van der Waals surface area contributed by atoms with E-state index in [1.165, 1.54) is 7.05 Å². The molecule has 32 heavy (non-hydrogen) atoms. The quantitative estimate of drug-likeness (QED) is 0.705. The Labute approximate surface area is 191 Å². The maximum atomic E-state index is 13.1. The molecule has 0 aromatic heterocycles. The molecule has 1 atom stereocenters. The molecule has 3 aliphatic rings. The van der Waals surface area contributed by atoms with Crippen LogP contribution in [0.25, 0.3) is 0 Å². The summed E-state index contributed by atoms with van der Waals surface area (Å²) in [5.41, 5.74) is 1.70. The molecule has 4 rings (SSSR count). The first-order valence-electron chi connectivity index (χ1n) is 11.9. The first kappa shape index (κ1) is 23.2. The van der Waals surface area contributed by atoms with E-state index in [0.717, 1.165) is 60.5 Å². The van der Waals surface area contributed by atoms with Crippen LogP contribution in [0.1, 0.15) is 64.4 Å². The van der Waals surface area contributed by atoms with E-state index in [-0.39, 0.29) is 41.3 Å². The molecule has 2 saturated carbocycles. The topological polar surface area (TPSA) is 86.8 Å². The van der Waals surface area contributed by atoms with Crippen molar-refractivity contribution in [2.45, 2.75) is 82.2 Å². The monoisotopic (exact) mass is 461 g/mol. The van der Waals surface area contributed by atoms with E-state index in [2.05, 4.69) is 12.2 Å². The average Bonchev–Trinajstić information content (AvgIpc) is 3.03. The van der Waals surface area contributed by atoms with Gasteiger partial charge in [-0.3, -0.25) is 9.59 Å². The predicted molar refractivity (Wildman–Crippen MR) is 124 cm³/mol. The SMILES string of the molecule is CC1CCC(NC(=O)CN(C)S(=O)(=O)c2ccc3c(c2)CC(C)N3C(=O)C2CCC2)CC1. The van der Waals surface area contributed by atoms with Crippen molar-refractivity contribution < 1.29 is 18.0 Å². The summed E-state index contributed by atoms with van der Waals surface area (Å²) in [6, 6.07) is 5.14. The highest BCUT2D eigenvalue weighted by molar-refractivity contribution is 7.89. The average molecular weight is 462 g/mol. The van der Waals surface area contributed by atoms with Gasteiger partial charge in [-0.1, -0.05) is 13.3 Å². The Morgan fingerprint density at radius 3 is 2.41 bits per heavy atom. The lowest BCUT2D eigenvalue weighted by Gasteiger charge is -2.32. The van der Waals surface area contributed by atoms with Crippen molar-refractivity contribution in [3.8, 4) is 0 Å². The number of amides is 2. The van der Waals surface area contributed by atoms with Crippen molar-refractivity contribution in [1.29, 1.82) is 0 Å². The molecule has 1 aromatic rings. The largest absolute Gasteiger partial charge is 0.352 e. The number of nitrogens with one attached hydrogen (secondary N) is 1. The first-order valence-corrected chi connectivity index (χ1v) is 13.3. The smallest absolute Gasteiger partial charge is 0.243 e. The second-order valence-corrected chi connectivity index (χ2v) is 12.0. The highest BCUT2D eigenvalue weighted by Gasteiger charge is 2.37. The van der Waals surface area contributed by atoms with Gasteiger partial charge >= 0.3 is 0 Å². The second-order valence-electron chi connectivity index (χ2n) is 9.97. The number of hydrogen-bond donors (Lipinski definition) is 1. The Morgan fingerprint density at radius 1 is 1.09 bits per heavy atom. The van der Waals surface area contributed by atoms with Crippen LogP contribution in [-0.4, -0.2) is 50.2 Å². The van der Waals surface area contributed by atoms with Gasteiger partial charge in [0.2, 0.25) is 21.8 Å². The van der Waals surface area contributed by atoms with E-state index < -0.39 is 10.0 Å². The summed E-state index contributed by atoms with van der Waals surface area (Å²) in [4.78, 5) is 27.3. The van der Waals surface area contributed by atoms with Crippen LogP contribution in [-0.2, 0) is 26.0 Å². The van der Waals surface area contributed by atoms with E-state index in [4.69, 9.17) is 0 Å². The van der Waals surface area contributed by atoms with Crippen LogP contribution in [0.2, 0.25) is 0 Å². The molecule has 0 spiro atoms. The standard InChI is InChI=1S/C24H35N3O4S/c1-16-7-9-20(10-8-16)25-23(28)15-26(3)32(30,31)21-11-12-22-19(14-21)13-17(2)27(22)24(29)18-5-4-6-18/h11-12,14,16-18,20H,4-10,13,15H2,1-3H3,(H,25,28). The van der Waals surface area contributed by atoms with Crippen LogP contribution in [0.5, 0.6) is 0 Å². The molecule has 2 fully saturated rings. The van der Waals surface area contributed by atoms with Gasteiger partial charge in [-0.05, 0) is 81.5 Å². The molecule has 1 aromatic carbocycles. The summed E-state index contributed by atoms with van der Waals surface area (Å²) in [5.74, 6) is 0.684. The molecule has 8 heteroatoms. The summed E-state index contributed by atoms with van der Waals surface area (Å²) >= 11 is 0. The lowest BCUT2D eigenvalue weighted by Crippen LogP contribution is -2.43. The number of likely N-dealkylation sites (N-methyl/N-ethyl adjacent to an activating group) is 1. The highest BCUT2D eigenvalue weighted by Crippen LogP contribution is 2.38. The minimum absolute atomic E-state index is 0.0257. The van der Waals surface area contributed by atoms with Crippen molar-refractivity contribution in [2.75, 3.05) is 18.5 Å². The third-order valence-corrected chi connectivity index (χ3v) is 9.21. The highest BCUT2D eigenvalue weighted by atomic mass is 32.2. The van der Waals surface area contributed by atoms with E-state index in [9.17, 15) is 18.0 Å². The maximum Gasteiger partial charge on any atom is 0.243 e. The fraction of sp³-hybridized carbons (Fsp3) is 0.667. The molecule has 0 radical (unpaired) electrons. The molecule has 176 valence electrons. The third-order valence-electron chi connectivity index (χ3n) is 7.41. The number of sulfonamides is 1. The van der Waals surface area contributed by atoms with E-state index in [0.29, 0.717) is 12.3 Å². The molecule has 7 nitrogen and oxygen atoms in total. The van der Waals surface area contributed by atoms with E-state index >= 15 is 0 Å². The normalized spacial score (nSPS) is 26.0. The van der Waals surface area contributed by atoms with Crippen molar-refractivity contribution in [3.63, 3.8) is 0 Å². The number of hydrogen-bond acceptors (Lipinski definition) is 4. The maximum absolute atomic E-state index is 13.1. The molecule has 1 N–H and O–H groups in total. The molecule has 1 unspecified atom stereocenters. The van der Waals surface area contributed by atoms with Gasteiger partial charge in [-0.25, -0.2) is 8.42 Å². The Kier molecular flexibility index (Phi) is 6.63. The van der Waals surface area contributed by atoms with Crippen molar-refractivity contribution in [3.05, 3.63) is 23.8 Å². The molecule has 1 heterocycles. The van der Waals surface area contributed by atoms with E-state index in [1.807, 2.05) is 11.8 Å². The Morgan fingerprint density at radius 2 is 1.78 bits per heavy atom. The van der Waals surface area contributed by atoms with Crippen LogP contribution in [0, 0.1) is 11.8 Å². The third kappa shape index (κ3) is 4.57. The Balaban J connectivity index is 1.43. The summed E-state index contributed by atoms with van der Waals surface area (Å²) in [6.07, 6.45) is 7.70. The van der Waals surface area contributed by atoms with Crippen LogP contribution in [0.15, 0.2) is 23.1 Å². The number of rotatable bonds is 6. The Bertz CT molecular complexity index is 981. The number of carbonyl (C=O) groups is 2. The van der Waals surface area contributed by atoms with E-state index in [1.54, 1.807) is 18.2 Å². The first-order chi connectivity index (χ1) is 15.2. The van der Waals surface area contributed by atoms with Crippen molar-refractivity contribution >= 4 is 27.5 Å². The molecule has 2 aliphatic carbocycles. The van der Waals surface area contributed by atoms with Crippen molar-refractivity contribution in [1.82, 2.24) is 9.62 Å². The number of anilines is 1. The van der Waals surface area contributed by atoms with Gasteiger partial charge in [0, 0.05) is 30.7 Å². The zero-order valence-corrected chi connectivity index (χ0v) is 20.2. The van der Waals surface area contributed by atoms with Crippen LogP contribution in [0.3, 0.4) is 0 Å². The van der Waals surface area contributed by atoms with Gasteiger partial charge in [0.1, 0.15) is 0 Å². The van der Waals surface area contributed by atoms with Gasteiger partial charge in [-0.2, -0.15) is 4.31 Å². The number of fused-ring (bicyclic) bond motifs is 1. The number of nitrogens with zero attached hydrogens (tertiary/aromatic N) is 2. The van der Waals surface area contributed by atoms with Gasteiger partial charge in [0.25, 0.3) is 0 Å².